The number of ether oxygens (including phenoxy) is 1. The Morgan fingerprint density at radius 3 is 2.85 bits per heavy atom. The minimum absolute atomic E-state index is 0.116. The van der Waals surface area contributed by atoms with Crippen LogP contribution in [0, 0.1) is 17.8 Å². The third-order valence-electron chi connectivity index (χ3n) is 3.21. The maximum absolute atomic E-state index is 9.74. The predicted octanol–water partition coefficient (Wildman–Crippen LogP) is 1.60. The summed E-state index contributed by atoms with van der Waals surface area (Å²) in [5, 5.41) is 9.74. The topological polar surface area (TPSA) is 29.5 Å². The molecular weight excluding hydrogens is 164 g/mol. The SMILES string of the molecule is CCCOCC1CC2C=CC1C2O. The molecule has 0 saturated heterocycles. The smallest absolute Gasteiger partial charge is 0.0668 e. The summed E-state index contributed by atoms with van der Waals surface area (Å²) < 4.78 is 5.52. The van der Waals surface area contributed by atoms with Gasteiger partial charge < -0.3 is 9.84 Å². The van der Waals surface area contributed by atoms with Crippen molar-refractivity contribution in [3.63, 3.8) is 0 Å². The molecule has 1 N–H and O–H groups in total. The van der Waals surface area contributed by atoms with Crippen molar-refractivity contribution in [3.8, 4) is 0 Å². The molecule has 74 valence electrons. The molecule has 1 saturated carbocycles. The Labute approximate surface area is 79.6 Å². The molecule has 0 aromatic heterocycles. The fourth-order valence-electron chi connectivity index (χ4n) is 2.50. The first kappa shape index (κ1) is 9.22. The van der Waals surface area contributed by atoms with Crippen molar-refractivity contribution in [1.82, 2.24) is 0 Å². The lowest BCUT2D eigenvalue weighted by atomic mass is 9.94. The second-order valence-electron chi connectivity index (χ2n) is 4.19. The Morgan fingerprint density at radius 1 is 1.46 bits per heavy atom. The second-order valence-corrected chi connectivity index (χ2v) is 4.19. The zero-order valence-corrected chi connectivity index (χ0v) is 8.15. The van der Waals surface area contributed by atoms with Gasteiger partial charge in [0.15, 0.2) is 0 Å². The predicted molar refractivity (Wildman–Crippen MR) is 51.3 cm³/mol. The molecular formula is C11H18O2. The van der Waals surface area contributed by atoms with E-state index in [9.17, 15) is 5.11 Å². The summed E-state index contributed by atoms with van der Waals surface area (Å²) in [5.41, 5.74) is 0. The highest BCUT2D eigenvalue weighted by Gasteiger charge is 2.43. The Hall–Kier alpha value is -0.340. The molecule has 2 aliphatic rings. The lowest BCUT2D eigenvalue weighted by Crippen LogP contribution is -2.19. The zero-order chi connectivity index (χ0) is 9.26. The summed E-state index contributed by atoms with van der Waals surface area (Å²) in [6.45, 7) is 3.81. The van der Waals surface area contributed by atoms with Crippen LogP contribution in [0.4, 0.5) is 0 Å². The first-order valence-corrected chi connectivity index (χ1v) is 5.27. The number of fused-ring (bicyclic) bond motifs is 2. The molecule has 2 bridgehead atoms. The summed E-state index contributed by atoms with van der Waals surface area (Å²) in [7, 11) is 0. The summed E-state index contributed by atoms with van der Waals surface area (Å²) in [5.74, 6) is 1.36. The van der Waals surface area contributed by atoms with Crippen LogP contribution in [-0.2, 0) is 4.74 Å². The van der Waals surface area contributed by atoms with Gasteiger partial charge in [0, 0.05) is 18.4 Å². The van der Waals surface area contributed by atoms with Gasteiger partial charge in [-0.05, 0) is 18.8 Å². The lowest BCUT2D eigenvalue weighted by molar-refractivity contribution is 0.0748. The molecule has 0 spiro atoms. The third kappa shape index (κ3) is 1.65. The fourth-order valence-corrected chi connectivity index (χ4v) is 2.50. The van der Waals surface area contributed by atoms with Crippen LogP contribution in [0.15, 0.2) is 12.2 Å². The molecule has 1 fully saturated rings. The average molecular weight is 182 g/mol. The van der Waals surface area contributed by atoms with Crippen molar-refractivity contribution in [1.29, 1.82) is 0 Å². The van der Waals surface area contributed by atoms with Gasteiger partial charge in [0.05, 0.1) is 12.7 Å². The molecule has 0 radical (unpaired) electrons. The van der Waals surface area contributed by atoms with Crippen LogP contribution in [0.5, 0.6) is 0 Å². The minimum atomic E-state index is -0.116. The third-order valence-corrected chi connectivity index (χ3v) is 3.21. The highest BCUT2D eigenvalue weighted by molar-refractivity contribution is 5.15. The first-order chi connectivity index (χ1) is 6.33. The number of rotatable bonds is 4. The monoisotopic (exact) mass is 182 g/mol. The van der Waals surface area contributed by atoms with Gasteiger partial charge in [-0.25, -0.2) is 0 Å². The second kappa shape index (κ2) is 3.81. The Morgan fingerprint density at radius 2 is 2.31 bits per heavy atom. The van der Waals surface area contributed by atoms with Crippen LogP contribution in [0.2, 0.25) is 0 Å². The maximum atomic E-state index is 9.74. The van der Waals surface area contributed by atoms with Crippen LogP contribution < -0.4 is 0 Å². The van der Waals surface area contributed by atoms with Crippen molar-refractivity contribution in [3.05, 3.63) is 12.2 Å². The standard InChI is InChI=1S/C11H18O2/c1-2-5-13-7-9-6-8-3-4-10(9)11(8)12/h3-4,8-12H,2,5-7H2,1H3. The number of hydrogen-bond donors (Lipinski definition) is 1. The molecule has 0 aliphatic heterocycles. The highest BCUT2D eigenvalue weighted by Crippen LogP contribution is 2.43. The molecule has 0 amide bonds. The van der Waals surface area contributed by atoms with Crippen molar-refractivity contribution in [2.45, 2.75) is 25.9 Å². The van der Waals surface area contributed by atoms with E-state index in [1.807, 2.05) is 0 Å². The van der Waals surface area contributed by atoms with E-state index in [0.717, 1.165) is 26.1 Å². The number of aliphatic hydroxyl groups excluding tert-OH is 1. The maximum Gasteiger partial charge on any atom is 0.0668 e. The van der Waals surface area contributed by atoms with Crippen molar-refractivity contribution < 1.29 is 9.84 Å². The van der Waals surface area contributed by atoms with E-state index in [1.54, 1.807) is 0 Å². The molecule has 13 heavy (non-hydrogen) atoms. The van der Waals surface area contributed by atoms with E-state index in [1.165, 1.54) is 0 Å². The summed E-state index contributed by atoms with van der Waals surface area (Å²) in [4.78, 5) is 0. The van der Waals surface area contributed by atoms with E-state index in [0.29, 0.717) is 17.8 Å². The van der Waals surface area contributed by atoms with Crippen LogP contribution >= 0.6 is 0 Å². The van der Waals surface area contributed by atoms with Crippen LogP contribution in [-0.4, -0.2) is 24.4 Å². The van der Waals surface area contributed by atoms with Gasteiger partial charge in [-0.15, -0.1) is 0 Å². The lowest BCUT2D eigenvalue weighted by Gasteiger charge is -2.17. The Kier molecular flexibility index (Phi) is 2.70. The van der Waals surface area contributed by atoms with E-state index in [4.69, 9.17) is 4.74 Å². The van der Waals surface area contributed by atoms with Crippen LogP contribution in [0.1, 0.15) is 19.8 Å². The molecule has 4 atom stereocenters. The van der Waals surface area contributed by atoms with Gasteiger partial charge in [-0.1, -0.05) is 19.1 Å². The normalized spacial score (nSPS) is 41.7. The van der Waals surface area contributed by atoms with E-state index >= 15 is 0 Å². The number of hydrogen-bond acceptors (Lipinski definition) is 2. The largest absolute Gasteiger partial charge is 0.392 e. The van der Waals surface area contributed by atoms with Crippen molar-refractivity contribution in [2.75, 3.05) is 13.2 Å². The summed E-state index contributed by atoms with van der Waals surface area (Å²) in [6.07, 6.45) is 6.41. The highest BCUT2D eigenvalue weighted by atomic mass is 16.5. The van der Waals surface area contributed by atoms with E-state index < -0.39 is 0 Å². The van der Waals surface area contributed by atoms with Gasteiger partial charge in [0.2, 0.25) is 0 Å². The van der Waals surface area contributed by atoms with Crippen LogP contribution in [0.3, 0.4) is 0 Å². The molecule has 0 aromatic rings. The van der Waals surface area contributed by atoms with Gasteiger partial charge in [-0.2, -0.15) is 0 Å². The zero-order valence-electron chi connectivity index (χ0n) is 8.15. The van der Waals surface area contributed by atoms with Gasteiger partial charge >= 0.3 is 0 Å². The molecule has 0 heterocycles. The van der Waals surface area contributed by atoms with Gasteiger partial charge in [-0.3, -0.25) is 0 Å². The Bertz CT molecular complexity index is 200. The van der Waals surface area contributed by atoms with E-state index in [-0.39, 0.29) is 6.10 Å². The van der Waals surface area contributed by atoms with E-state index in [2.05, 4.69) is 19.1 Å². The minimum Gasteiger partial charge on any atom is -0.392 e. The first-order valence-electron chi connectivity index (χ1n) is 5.27. The molecule has 4 unspecified atom stereocenters. The van der Waals surface area contributed by atoms with Crippen LogP contribution in [0.25, 0.3) is 0 Å². The summed E-state index contributed by atoms with van der Waals surface area (Å²) >= 11 is 0. The summed E-state index contributed by atoms with van der Waals surface area (Å²) in [6, 6.07) is 0. The van der Waals surface area contributed by atoms with Crippen molar-refractivity contribution >= 4 is 0 Å². The van der Waals surface area contributed by atoms with Gasteiger partial charge in [0.25, 0.3) is 0 Å². The quantitative estimate of drug-likeness (QED) is 0.528. The van der Waals surface area contributed by atoms with Crippen molar-refractivity contribution in [2.24, 2.45) is 17.8 Å². The molecule has 2 nitrogen and oxygen atoms in total. The number of aliphatic hydroxyl groups is 1. The van der Waals surface area contributed by atoms with Gasteiger partial charge in [0.1, 0.15) is 0 Å². The average Bonchev–Trinajstić information content (AvgIpc) is 2.62. The Balaban J connectivity index is 1.80. The molecule has 2 aliphatic carbocycles. The fraction of sp³-hybridized carbons (Fsp3) is 0.818. The molecule has 2 rings (SSSR count). The molecule has 0 aromatic carbocycles. The molecule has 2 heteroatoms.